The largest absolute Gasteiger partial charge is 0.422 e. The summed E-state index contributed by atoms with van der Waals surface area (Å²) in [7, 11) is 0. The number of halogens is 9. The molecule has 10 heteroatoms. The molecule has 0 N–H and O–H groups in total. The lowest BCUT2D eigenvalue weighted by Gasteiger charge is -2.31. The van der Waals surface area contributed by atoms with Crippen LogP contribution >= 0.6 is 0 Å². The van der Waals surface area contributed by atoms with Crippen LogP contribution in [0.1, 0.15) is 13.8 Å². The maximum Gasteiger partial charge on any atom is 0.422 e. The van der Waals surface area contributed by atoms with E-state index < -0.39 is 36.7 Å². The monoisotopic (exact) mass is 292 g/mol. The molecular weight excluding hydrogens is 283 g/mol. The van der Waals surface area contributed by atoms with Crippen molar-refractivity contribution >= 4 is 0 Å². The summed E-state index contributed by atoms with van der Waals surface area (Å²) in [5.41, 5.74) is 0. The van der Waals surface area contributed by atoms with E-state index in [1.165, 1.54) is 0 Å². The van der Waals surface area contributed by atoms with E-state index in [1.54, 1.807) is 0 Å². The summed E-state index contributed by atoms with van der Waals surface area (Å²) < 4.78 is 115. The summed E-state index contributed by atoms with van der Waals surface area (Å²) in [4.78, 5) is 0. The third-order valence-corrected chi connectivity index (χ3v) is 1.66. The molecule has 0 aliphatic heterocycles. The molecule has 0 aliphatic rings. The van der Waals surface area contributed by atoms with Gasteiger partial charge >= 0.3 is 12.0 Å². The van der Waals surface area contributed by atoms with Gasteiger partial charge in [0.1, 0.15) is 6.61 Å². The summed E-state index contributed by atoms with van der Waals surface area (Å²) in [5.74, 6) is -14.6. The Morgan fingerprint density at radius 1 is 0.889 bits per heavy atom. The fourth-order valence-corrected chi connectivity index (χ4v) is 0.779. The van der Waals surface area contributed by atoms with Gasteiger partial charge in [0.25, 0.3) is 11.8 Å². The van der Waals surface area contributed by atoms with Gasteiger partial charge in [-0.15, -0.1) is 0 Å². The van der Waals surface area contributed by atoms with Crippen LogP contribution in [0.5, 0.6) is 0 Å². The van der Waals surface area contributed by atoms with Crippen molar-refractivity contribution in [3.63, 3.8) is 0 Å². The van der Waals surface area contributed by atoms with Crippen molar-refractivity contribution in [3.8, 4) is 0 Å². The van der Waals surface area contributed by atoms with Gasteiger partial charge in [0.05, 0.1) is 0 Å². The molecule has 0 amide bonds. The molecule has 0 radical (unpaired) electrons. The molecular formula is C8H9F9O. The number of hydrogen-bond acceptors (Lipinski definition) is 1. The second kappa shape index (κ2) is 4.78. The molecule has 0 rings (SSSR count). The van der Waals surface area contributed by atoms with Gasteiger partial charge in [-0.3, -0.25) is 0 Å². The molecule has 18 heavy (non-hydrogen) atoms. The summed E-state index contributed by atoms with van der Waals surface area (Å²) in [6, 6.07) is 0. The van der Waals surface area contributed by atoms with Crippen LogP contribution in [-0.4, -0.2) is 36.7 Å². The summed E-state index contributed by atoms with van der Waals surface area (Å²) in [6.07, 6.45) is -10.4. The highest BCUT2D eigenvalue weighted by Gasteiger charge is 2.69. The van der Waals surface area contributed by atoms with Gasteiger partial charge in [-0.05, 0) is 0 Å². The number of alkyl halides is 9. The van der Waals surface area contributed by atoms with Gasteiger partial charge in [0.15, 0.2) is 0 Å². The minimum Gasteiger partial charge on any atom is -0.309 e. The molecule has 0 aromatic rings. The zero-order chi connectivity index (χ0) is 15.0. The summed E-state index contributed by atoms with van der Waals surface area (Å²) in [6.45, 7) is -2.45. The van der Waals surface area contributed by atoms with E-state index in [1.807, 2.05) is 0 Å². The molecule has 0 saturated heterocycles. The summed E-state index contributed by atoms with van der Waals surface area (Å²) >= 11 is 0. The topological polar surface area (TPSA) is 9.23 Å². The minimum atomic E-state index is -5.95. The Morgan fingerprint density at radius 3 is 1.56 bits per heavy atom. The minimum absolute atomic E-state index is 0.0720. The molecule has 0 heterocycles. The molecule has 0 saturated carbocycles. The van der Waals surface area contributed by atoms with E-state index in [-0.39, 0.29) is 13.8 Å². The van der Waals surface area contributed by atoms with Crippen LogP contribution in [0, 0.1) is 0 Å². The first-order valence-electron chi connectivity index (χ1n) is 4.40. The maximum atomic E-state index is 12.7. The van der Waals surface area contributed by atoms with Crippen molar-refractivity contribution in [1.29, 1.82) is 0 Å². The molecule has 0 bridgehead atoms. The highest BCUT2D eigenvalue weighted by atomic mass is 19.3. The molecule has 0 fully saturated rings. The van der Waals surface area contributed by atoms with Crippen LogP contribution in [0.4, 0.5) is 39.5 Å². The van der Waals surface area contributed by atoms with Crippen molar-refractivity contribution in [1.82, 2.24) is 0 Å². The quantitative estimate of drug-likeness (QED) is 0.675. The zero-order valence-corrected chi connectivity index (χ0v) is 9.09. The van der Waals surface area contributed by atoms with Crippen molar-refractivity contribution in [3.05, 3.63) is 0 Å². The van der Waals surface area contributed by atoms with Crippen LogP contribution in [0.2, 0.25) is 0 Å². The molecule has 1 nitrogen and oxygen atoms in total. The van der Waals surface area contributed by atoms with E-state index >= 15 is 0 Å². The fraction of sp³-hybridized carbons (Fsp3) is 1.00. The van der Waals surface area contributed by atoms with Crippen LogP contribution in [0.3, 0.4) is 0 Å². The van der Waals surface area contributed by atoms with Crippen LogP contribution in [-0.2, 0) is 4.74 Å². The zero-order valence-electron chi connectivity index (χ0n) is 9.09. The number of hydrogen-bond donors (Lipinski definition) is 0. The molecule has 0 aliphatic carbocycles. The first-order valence-corrected chi connectivity index (χ1v) is 4.40. The molecule has 0 aromatic heterocycles. The van der Waals surface area contributed by atoms with E-state index in [9.17, 15) is 39.5 Å². The van der Waals surface area contributed by atoms with E-state index in [4.69, 9.17) is 0 Å². The first-order chi connectivity index (χ1) is 7.61. The lowest BCUT2D eigenvalue weighted by atomic mass is 10.1. The van der Waals surface area contributed by atoms with Crippen LogP contribution < -0.4 is 0 Å². The third kappa shape index (κ3) is 4.21. The SMILES string of the molecule is CC(F)(F)COC(F)(F)C(F)(F)C(F)C(C)(F)F. The number of rotatable bonds is 6. The Bertz CT molecular complexity index is 277. The standard InChI is InChI=1S/C8H9F9O/c1-5(10,11)3-18-8(16,17)7(14,15)4(9)6(2,12)13/h4H,3H2,1-2H3. The molecule has 1 atom stereocenters. The smallest absolute Gasteiger partial charge is 0.309 e. The molecule has 0 spiro atoms. The third-order valence-electron chi connectivity index (χ3n) is 1.66. The predicted octanol–water partition coefficient (Wildman–Crippen LogP) is 3.88. The van der Waals surface area contributed by atoms with Crippen molar-refractivity contribution in [2.45, 2.75) is 43.9 Å². The molecule has 1 unspecified atom stereocenters. The van der Waals surface area contributed by atoms with Gasteiger partial charge < -0.3 is 4.74 Å². The Kier molecular flexibility index (Phi) is 4.60. The van der Waals surface area contributed by atoms with Gasteiger partial charge in [-0.1, -0.05) is 0 Å². The van der Waals surface area contributed by atoms with Crippen molar-refractivity contribution in [2.75, 3.05) is 6.61 Å². The normalized spacial score (nSPS) is 16.8. The van der Waals surface area contributed by atoms with Gasteiger partial charge in [0.2, 0.25) is 6.17 Å². The lowest BCUT2D eigenvalue weighted by molar-refractivity contribution is -0.383. The first kappa shape index (κ1) is 17.3. The lowest BCUT2D eigenvalue weighted by Crippen LogP contribution is -2.55. The summed E-state index contributed by atoms with van der Waals surface area (Å²) in [5, 5.41) is 0. The van der Waals surface area contributed by atoms with Gasteiger partial charge in [0, 0.05) is 13.8 Å². The van der Waals surface area contributed by atoms with E-state index in [0.717, 1.165) is 0 Å². The fourth-order valence-electron chi connectivity index (χ4n) is 0.779. The Labute approximate surface area is 95.9 Å². The number of ether oxygens (including phenoxy) is 1. The second-order valence-corrected chi connectivity index (χ2v) is 3.82. The van der Waals surface area contributed by atoms with E-state index in [0.29, 0.717) is 0 Å². The molecule has 110 valence electrons. The maximum absolute atomic E-state index is 12.7. The highest BCUT2D eigenvalue weighted by Crippen LogP contribution is 2.44. The second-order valence-electron chi connectivity index (χ2n) is 3.82. The van der Waals surface area contributed by atoms with Gasteiger partial charge in [-0.25, -0.2) is 22.0 Å². The van der Waals surface area contributed by atoms with Crippen molar-refractivity contribution in [2.24, 2.45) is 0 Å². The van der Waals surface area contributed by atoms with Crippen molar-refractivity contribution < 1.29 is 44.3 Å². The Hall–Kier alpha value is -0.670. The van der Waals surface area contributed by atoms with E-state index in [2.05, 4.69) is 4.74 Å². The molecule has 0 aromatic carbocycles. The predicted molar refractivity (Wildman–Crippen MR) is 42.0 cm³/mol. The Morgan fingerprint density at radius 2 is 1.28 bits per heavy atom. The Balaban J connectivity index is 4.97. The average molecular weight is 292 g/mol. The highest BCUT2D eigenvalue weighted by molar-refractivity contribution is 4.92. The average Bonchev–Trinajstić information content (AvgIpc) is 2.11. The van der Waals surface area contributed by atoms with Crippen LogP contribution in [0.15, 0.2) is 0 Å². The van der Waals surface area contributed by atoms with Crippen LogP contribution in [0.25, 0.3) is 0 Å². The van der Waals surface area contributed by atoms with Gasteiger partial charge in [-0.2, -0.15) is 17.6 Å².